The second-order valence-electron chi connectivity index (χ2n) is 14.5. The molecule has 0 atom stereocenters. The quantitative estimate of drug-likeness (QED) is 0.178. The van der Waals surface area contributed by atoms with Crippen LogP contribution in [0.25, 0.3) is 21.9 Å². The van der Waals surface area contributed by atoms with Gasteiger partial charge in [-0.15, -0.1) is 0 Å². The van der Waals surface area contributed by atoms with E-state index < -0.39 is 5.41 Å². The van der Waals surface area contributed by atoms with Crippen LogP contribution in [0.2, 0.25) is 0 Å². The zero-order valence-corrected chi connectivity index (χ0v) is 30.1. The van der Waals surface area contributed by atoms with Gasteiger partial charge in [-0.1, -0.05) is 183 Å². The average molecular weight is 684 g/mol. The Morgan fingerprint density at radius 2 is 1.02 bits per heavy atom. The highest BCUT2D eigenvalue weighted by Crippen LogP contribution is 2.59. The monoisotopic (exact) mass is 683 g/mol. The van der Waals surface area contributed by atoms with E-state index in [1.807, 2.05) is 11.8 Å². The van der Waals surface area contributed by atoms with Gasteiger partial charge >= 0.3 is 0 Å². The highest BCUT2D eigenvalue weighted by molar-refractivity contribution is 7.99. The van der Waals surface area contributed by atoms with Gasteiger partial charge in [0, 0.05) is 26.3 Å². The standard InChI is InChI=1S/C50H37NS/c1-49(2)41-25-12-11-24-39(41)40-32-31-37(33-44(40)49)51(45-28-15-18-34-17-9-10-23-38(34)45)46-29-16-27-43-48(46)52-47-30-14-13-26-42(47)50(43,35-19-5-3-6-20-35)36-21-7-4-8-22-36/h3-33H,1-2H3. The summed E-state index contributed by atoms with van der Waals surface area (Å²) >= 11 is 1.90. The summed E-state index contributed by atoms with van der Waals surface area (Å²) in [4.78, 5) is 5.07. The molecule has 0 aromatic heterocycles. The molecule has 2 aliphatic rings. The van der Waals surface area contributed by atoms with Crippen molar-refractivity contribution >= 4 is 39.6 Å². The van der Waals surface area contributed by atoms with Crippen LogP contribution in [0.3, 0.4) is 0 Å². The molecule has 0 N–H and O–H groups in total. The SMILES string of the molecule is CC1(C)c2ccccc2-c2ccc(N(c3cccc4c3Sc3ccccc3C4(c3ccccc3)c3ccccc3)c3cccc4ccccc34)cc21. The first kappa shape index (κ1) is 30.9. The van der Waals surface area contributed by atoms with Crippen molar-refractivity contribution in [3.05, 3.63) is 221 Å². The molecule has 1 heterocycles. The van der Waals surface area contributed by atoms with Gasteiger partial charge in [0.2, 0.25) is 0 Å². The van der Waals surface area contributed by atoms with Gasteiger partial charge in [-0.25, -0.2) is 0 Å². The average Bonchev–Trinajstić information content (AvgIpc) is 3.43. The third-order valence-corrected chi connectivity index (χ3v) is 12.6. The number of hydrogen-bond acceptors (Lipinski definition) is 2. The third-order valence-electron chi connectivity index (χ3n) is 11.4. The molecule has 8 aromatic rings. The van der Waals surface area contributed by atoms with Crippen LogP contribution in [0, 0.1) is 0 Å². The second-order valence-corrected chi connectivity index (χ2v) is 15.5. The first-order chi connectivity index (χ1) is 25.6. The minimum Gasteiger partial charge on any atom is -0.309 e. The van der Waals surface area contributed by atoms with Gasteiger partial charge in [-0.05, 0) is 80.2 Å². The van der Waals surface area contributed by atoms with Crippen LogP contribution >= 0.6 is 11.8 Å². The Hall–Kier alpha value is -5.83. The van der Waals surface area contributed by atoms with Crippen molar-refractivity contribution in [2.75, 3.05) is 4.90 Å². The lowest BCUT2D eigenvalue weighted by Crippen LogP contribution is -2.34. The van der Waals surface area contributed by atoms with Gasteiger partial charge in [0.25, 0.3) is 0 Å². The summed E-state index contributed by atoms with van der Waals surface area (Å²) in [6.45, 7) is 4.74. The van der Waals surface area contributed by atoms with Crippen molar-refractivity contribution in [3.8, 4) is 11.1 Å². The molecule has 0 radical (unpaired) electrons. The largest absolute Gasteiger partial charge is 0.309 e. The maximum absolute atomic E-state index is 2.53. The van der Waals surface area contributed by atoms with E-state index in [1.165, 1.54) is 76.4 Å². The molecule has 52 heavy (non-hydrogen) atoms. The number of fused-ring (bicyclic) bond motifs is 6. The third kappa shape index (κ3) is 4.44. The lowest BCUT2D eigenvalue weighted by molar-refractivity contribution is 0.660. The topological polar surface area (TPSA) is 3.24 Å². The second kappa shape index (κ2) is 11.9. The molecule has 248 valence electrons. The van der Waals surface area contributed by atoms with E-state index in [1.54, 1.807) is 0 Å². The van der Waals surface area contributed by atoms with E-state index in [4.69, 9.17) is 0 Å². The van der Waals surface area contributed by atoms with Gasteiger partial charge in [-0.3, -0.25) is 0 Å². The molecule has 0 amide bonds. The summed E-state index contributed by atoms with van der Waals surface area (Å²) in [6, 6.07) is 69.7. The van der Waals surface area contributed by atoms with Gasteiger partial charge in [-0.2, -0.15) is 0 Å². The normalized spacial score (nSPS) is 14.6. The first-order valence-corrected chi connectivity index (χ1v) is 18.9. The molecule has 1 aliphatic heterocycles. The Morgan fingerprint density at radius 1 is 0.442 bits per heavy atom. The number of anilines is 3. The van der Waals surface area contributed by atoms with Crippen LogP contribution in [-0.2, 0) is 10.8 Å². The smallest absolute Gasteiger partial charge is 0.0724 e. The highest BCUT2D eigenvalue weighted by Gasteiger charge is 2.45. The molecule has 0 bridgehead atoms. The minimum absolute atomic E-state index is 0.119. The van der Waals surface area contributed by atoms with Crippen molar-refractivity contribution in [1.82, 2.24) is 0 Å². The Morgan fingerprint density at radius 3 is 1.81 bits per heavy atom. The summed E-state index contributed by atoms with van der Waals surface area (Å²) in [5.41, 5.74) is 13.4. The molecular weight excluding hydrogens is 647 g/mol. The fourth-order valence-corrected chi connectivity index (χ4v) is 10.3. The van der Waals surface area contributed by atoms with Crippen molar-refractivity contribution in [2.45, 2.75) is 34.5 Å². The molecule has 1 aliphatic carbocycles. The van der Waals surface area contributed by atoms with E-state index >= 15 is 0 Å². The number of rotatable bonds is 5. The predicted molar refractivity (Wildman–Crippen MR) is 219 cm³/mol. The molecule has 0 unspecified atom stereocenters. The lowest BCUT2D eigenvalue weighted by Gasteiger charge is -2.43. The van der Waals surface area contributed by atoms with E-state index in [0.29, 0.717) is 0 Å². The zero-order valence-electron chi connectivity index (χ0n) is 29.3. The minimum atomic E-state index is -0.512. The van der Waals surface area contributed by atoms with Gasteiger partial charge in [0.05, 0.1) is 16.8 Å². The maximum atomic E-state index is 2.53. The van der Waals surface area contributed by atoms with Crippen LogP contribution in [0.5, 0.6) is 0 Å². The van der Waals surface area contributed by atoms with Gasteiger partial charge < -0.3 is 4.90 Å². The Balaban J connectivity index is 1.29. The van der Waals surface area contributed by atoms with Crippen LogP contribution in [0.15, 0.2) is 198 Å². The van der Waals surface area contributed by atoms with Crippen LogP contribution in [0.4, 0.5) is 17.1 Å². The van der Waals surface area contributed by atoms with Gasteiger partial charge in [0.15, 0.2) is 0 Å². The molecule has 10 rings (SSSR count). The fourth-order valence-electron chi connectivity index (χ4n) is 9.03. The van der Waals surface area contributed by atoms with E-state index in [-0.39, 0.29) is 5.41 Å². The Bertz CT molecular complexity index is 2590. The zero-order chi connectivity index (χ0) is 34.9. The number of hydrogen-bond donors (Lipinski definition) is 0. The molecule has 0 fully saturated rings. The van der Waals surface area contributed by atoms with E-state index in [2.05, 4.69) is 207 Å². The van der Waals surface area contributed by atoms with Crippen molar-refractivity contribution in [3.63, 3.8) is 0 Å². The summed E-state index contributed by atoms with van der Waals surface area (Å²) < 4.78 is 0. The molecule has 8 aromatic carbocycles. The molecule has 0 spiro atoms. The molecule has 2 heteroatoms. The van der Waals surface area contributed by atoms with Crippen molar-refractivity contribution < 1.29 is 0 Å². The summed E-state index contributed by atoms with van der Waals surface area (Å²) in [6.07, 6.45) is 0. The van der Waals surface area contributed by atoms with Gasteiger partial charge in [0.1, 0.15) is 0 Å². The molecule has 1 nitrogen and oxygen atoms in total. The number of nitrogens with zero attached hydrogens (tertiary/aromatic N) is 1. The van der Waals surface area contributed by atoms with E-state index in [0.717, 1.165) is 5.69 Å². The predicted octanol–water partition coefficient (Wildman–Crippen LogP) is 13.5. The maximum Gasteiger partial charge on any atom is 0.0724 e. The van der Waals surface area contributed by atoms with Crippen LogP contribution < -0.4 is 4.90 Å². The Labute approximate surface area is 310 Å². The summed E-state index contributed by atoms with van der Waals surface area (Å²) in [7, 11) is 0. The summed E-state index contributed by atoms with van der Waals surface area (Å²) in [5.74, 6) is 0. The number of benzene rings is 8. The Kier molecular flexibility index (Phi) is 7.06. The summed E-state index contributed by atoms with van der Waals surface area (Å²) in [5, 5.41) is 2.45. The first-order valence-electron chi connectivity index (χ1n) is 18.1. The van der Waals surface area contributed by atoms with Crippen molar-refractivity contribution in [2.24, 2.45) is 0 Å². The van der Waals surface area contributed by atoms with Crippen molar-refractivity contribution in [1.29, 1.82) is 0 Å². The lowest BCUT2D eigenvalue weighted by atomic mass is 9.64. The van der Waals surface area contributed by atoms with Crippen LogP contribution in [-0.4, -0.2) is 0 Å². The molecular formula is C50H37NS. The molecule has 0 saturated carbocycles. The fraction of sp³-hybridized carbons (Fsp3) is 0.0800. The molecule has 0 saturated heterocycles. The van der Waals surface area contributed by atoms with Crippen LogP contribution in [0.1, 0.15) is 47.2 Å². The van der Waals surface area contributed by atoms with E-state index in [9.17, 15) is 0 Å². The highest BCUT2D eigenvalue weighted by atomic mass is 32.2.